The molecule has 0 radical (unpaired) electrons. The zero-order valence-electron chi connectivity index (χ0n) is 17.5. The Balaban J connectivity index is 2.24. The molecule has 2 fully saturated rings. The van der Waals surface area contributed by atoms with E-state index >= 15 is 0 Å². The molecular weight excluding hydrogens is 323 g/mol. The third-order valence-corrected chi connectivity index (χ3v) is 12.5. The lowest BCUT2D eigenvalue weighted by atomic mass is 9.38. The third kappa shape index (κ3) is 4.29. The van der Waals surface area contributed by atoms with Gasteiger partial charge < -0.3 is 4.65 Å². The van der Waals surface area contributed by atoms with Crippen LogP contribution in [0, 0.1) is 0 Å². The van der Waals surface area contributed by atoms with Gasteiger partial charge in [-0.1, -0.05) is 83.9 Å². The summed E-state index contributed by atoms with van der Waals surface area (Å²) >= 11 is 0. The van der Waals surface area contributed by atoms with Crippen LogP contribution in [0.3, 0.4) is 0 Å². The van der Waals surface area contributed by atoms with Gasteiger partial charge in [-0.25, -0.2) is 0 Å². The first kappa shape index (κ1) is 20.5. The summed E-state index contributed by atoms with van der Waals surface area (Å²) in [6.07, 6.45) is 11.1. The van der Waals surface area contributed by atoms with Crippen molar-refractivity contribution >= 4 is 23.1 Å². The van der Waals surface area contributed by atoms with Gasteiger partial charge in [0.05, 0.1) is 8.07 Å². The molecule has 2 aliphatic rings. The maximum absolute atomic E-state index is 6.97. The van der Waals surface area contributed by atoms with E-state index in [1.165, 1.54) is 44.6 Å². The van der Waals surface area contributed by atoms with Crippen molar-refractivity contribution in [3.05, 3.63) is 12.7 Å². The predicted molar refractivity (Wildman–Crippen MR) is 116 cm³/mol. The highest BCUT2D eigenvalue weighted by molar-refractivity contribution is 6.84. The maximum atomic E-state index is 6.97. The minimum absolute atomic E-state index is 0.212. The number of rotatable bonds is 7. The average molecular weight is 365 g/mol. The van der Waals surface area contributed by atoms with Gasteiger partial charge in [-0.15, -0.1) is 6.58 Å². The smallest absolute Gasteiger partial charge is 0.299 e. The lowest BCUT2D eigenvalue weighted by Gasteiger charge is -2.51. The molecule has 0 aliphatic carbocycles. The van der Waals surface area contributed by atoms with Gasteiger partial charge in [0.1, 0.15) is 0 Å². The van der Waals surface area contributed by atoms with E-state index in [1.54, 1.807) is 0 Å². The molecule has 0 aromatic heterocycles. The van der Waals surface area contributed by atoms with Gasteiger partial charge in [0, 0.05) is 19.2 Å². The standard InChI is InChI=1S/C20H41BOSi2/c1-9-20(24(6,7)8,16-23(3,4)5)17(2)22-21-18-12-10-13-19(21)15-11-14-18/h9,17-19H,1,10-16H2,2-8H3/t17-,18?,19?,20-/m0/s1. The van der Waals surface area contributed by atoms with Crippen LogP contribution in [-0.4, -0.2) is 29.2 Å². The molecule has 0 aromatic rings. The molecule has 2 aliphatic heterocycles. The van der Waals surface area contributed by atoms with Crippen LogP contribution in [0.2, 0.25) is 62.0 Å². The molecule has 1 nitrogen and oxygen atoms in total. The zero-order chi connectivity index (χ0) is 18.2. The normalized spacial score (nSPS) is 29.0. The number of hydrogen-bond donors (Lipinski definition) is 0. The Morgan fingerprint density at radius 3 is 1.83 bits per heavy atom. The summed E-state index contributed by atoms with van der Waals surface area (Å²) < 4.78 is 6.97. The largest absolute Gasteiger partial charge is 0.432 e. The van der Waals surface area contributed by atoms with E-state index in [9.17, 15) is 0 Å². The highest BCUT2D eigenvalue weighted by Gasteiger charge is 2.51. The number of fused-ring (bicyclic) bond motifs is 2. The van der Waals surface area contributed by atoms with E-state index in [2.05, 4.69) is 58.9 Å². The molecule has 4 heteroatoms. The Morgan fingerprint density at radius 1 is 1.04 bits per heavy atom. The van der Waals surface area contributed by atoms with E-state index in [4.69, 9.17) is 4.65 Å². The van der Waals surface area contributed by atoms with Crippen molar-refractivity contribution in [3.8, 4) is 0 Å². The quantitative estimate of drug-likeness (QED) is 0.346. The van der Waals surface area contributed by atoms with Crippen LogP contribution in [0.15, 0.2) is 12.7 Å². The SMILES string of the molecule is C=C[C@](C[Si](C)(C)C)([C@H](C)OB1C2CCCC1CCC2)[Si](C)(C)C. The van der Waals surface area contributed by atoms with Gasteiger partial charge in [-0.05, 0) is 24.6 Å². The van der Waals surface area contributed by atoms with Crippen molar-refractivity contribution in [1.82, 2.24) is 0 Å². The molecule has 24 heavy (non-hydrogen) atoms. The van der Waals surface area contributed by atoms with Crippen molar-refractivity contribution in [2.45, 2.75) is 114 Å². The van der Waals surface area contributed by atoms with Crippen molar-refractivity contribution in [1.29, 1.82) is 0 Å². The highest BCUT2D eigenvalue weighted by Crippen LogP contribution is 2.53. The molecule has 0 saturated carbocycles. The molecule has 138 valence electrons. The van der Waals surface area contributed by atoms with Crippen molar-refractivity contribution in [2.24, 2.45) is 0 Å². The van der Waals surface area contributed by atoms with E-state index in [0.29, 0.717) is 13.0 Å². The van der Waals surface area contributed by atoms with Gasteiger partial charge in [-0.2, -0.15) is 0 Å². The molecule has 0 amide bonds. The summed E-state index contributed by atoms with van der Waals surface area (Å²) in [6.45, 7) is 22.3. The number of hydrogen-bond acceptors (Lipinski definition) is 1. The van der Waals surface area contributed by atoms with E-state index in [0.717, 1.165) is 11.6 Å². The summed E-state index contributed by atoms with van der Waals surface area (Å²) in [7, 11) is -2.64. The van der Waals surface area contributed by atoms with Gasteiger partial charge >= 0.3 is 0 Å². The van der Waals surface area contributed by atoms with Gasteiger partial charge in [0.2, 0.25) is 0 Å². The second-order valence-electron chi connectivity index (χ2n) is 10.9. The van der Waals surface area contributed by atoms with E-state index < -0.39 is 16.1 Å². The second-order valence-corrected chi connectivity index (χ2v) is 21.8. The van der Waals surface area contributed by atoms with Crippen LogP contribution < -0.4 is 0 Å². The first-order valence-corrected chi connectivity index (χ1v) is 17.5. The molecular formula is C20H41BOSi2. The van der Waals surface area contributed by atoms with Gasteiger partial charge in [-0.3, -0.25) is 0 Å². The Kier molecular flexibility index (Phi) is 6.36. The fourth-order valence-corrected chi connectivity index (χ4v) is 13.4. The summed E-state index contributed by atoms with van der Waals surface area (Å²) in [6, 6.07) is 1.32. The monoisotopic (exact) mass is 364 g/mol. The Hall–Kier alpha value is 0.199. The first-order valence-electron chi connectivity index (χ1n) is 10.3. The summed E-state index contributed by atoms with van der Waals surface area (Å²) in [5.74, 6) is 1.66. The van der Waals surface area contributed by atoms with E-state index in [-0.39, 0.29) is 5.04 Å². The van der Waals surface area contributed by atoms with Crippen molar-refractivity contribution < 1.29 is 4.65 Å². The van der Waals surface area contributed by atoms with Crippen molar-refractivity contribution in [2.75, 3.05) is 0 Å². The molecule has 0 unspecified atom stereocenters. The fraction of sp³-hybridized carbons (Fsp3) is 0.900. The second kappa shape index (κ2) is 7.44. The third-order valence-electron chi connectivity index (χ3n) is 6.90. The Morgan fingerprint density at radius 2 is 1.50 bits per heavy atom. The summed E-state index contributed by atoms with van der Waals surface area (Å²) in [5, 5.41) is 0.212. The topological polar surface area (TPSA) is 9.23 Å². The van der Waals surface area contributed by atoms with Crippen LogP contribution in [0.25, 0.3) is 0 Å². The Bertz CT molecular complexity index is 418. The first-order chi connectivity index (χ1) is 11.0. The van der Waals surface area contributed by atoms with Crippen LogP contribution in [-0.2, 0) is 4.65 Å². The summed E-state index contributed by atoms with van der Waals surface area (Å²) in [4.78, 5) is 0. The summed E-state index contributed by atoms with van der Waals surface area (Å²) in [5.41, 5.74) is 0. The van der Waals surface area contributed by atoms with Crippen molar-refractivity contribution in [3.63, 3.8) is 0 Å². The van der Waals surface area contributed by atoms with Crippen LogP contribution >= 0.6 is 0 Å². The minimum Gasteiger partial charge on any atom is -0.432 e. The van der Waals surface area contributed by atoms with Gasteiger partial charge in [0.25, 0.3) is 6.92 Å². The Labute approximate surface area is 154 Å². The lowest BCUT2D eigenvalue weighted by molar-refractivity contribution is 0.163. The minimum atomic E-state index is -1.44. The zero-order valence-corrected chi connectivity index (χ0v) is 19.5. The fourth-order valence-electron chi connectivity index (χ4n) is 5.63. The van der Waals surface area contributed by atoms with Gasteiger partial charge in [0.15, 0.2) is 0 Å². The maximum Gasteiger partial charge on any atom is 0.299 e. The molecule has 0 aromatic carbocycles. The molecule has 0 N–H and O–H groups in total. The predicted octanol–water partition coefficient (Wildman–Crippen LogP) is 7.09. The molecule has 2 saturated heterocycles. The van der Waals surface area contributed by atoms with Crippen LogP contribution in [0.5, 0.6) is 0 Å². The molecule has 2 rings (SSSR count). The molecule has 2 heterocycles. The lowest BCUT2D eigenvalue weighted by Crippen LogP contribution is -2.52. The molecule has 2 bridgehead atoms. The highest BCUT2D eigenvalue weighted by atomic mass is 28.3. The van der Waals surface area contributed by atoms with E-state index in [1.807, 2.05) is 0 Å². The van der Waals surface area contributed by atoms with Crippen LogP contribution in [0.1, 0.15) is 45.4 Å². The average Bonchev–Trinajstić information content (AvgIpc) is 2.42. The molecule has 2 atom stereocenters. The van der Waals surface area contributed by atoms with Crippen LogP contribution in [0.4, 0.5) is 0 Å². The molecule has 0 spiro atoms.